The summed E-state index contributed by atoms with van der Waals surface area (Å²) in [5, 5.41) is 20.1. The third-order valence-corrected chi connectivity index (χ3v) is 6.02. The Bertz CT molecular complexity index is 1400. The molecule has 0 unspecified atom stereocenters. The number of hydrogen-bond acceptors (Lipinski definition) is 6. The van der Waals surface area contributed by atoms with Gasteiger partial charge in [-0.2, -0.15) is 9.78 Å². The summed E-state index contributed by atoms with van der Waals surface area (Å²) >= 11 is 1.27. The predicted molar refractivity (Wildman–Crippen MR) is 132 cm³/mol. The van der Waals surface area contributed by atoms with Crippen molar-refractivity contribution in [3.63, 3.8) is 0 Å². The Labute approximate surface area is 200 Å². The number of carbonyl (C=O) groups is 1. The lowest BCUT2D eigenvalue weighted by Crippen LogP contribution is -2.17. The molecule has 3 aromatic carbocycles. The standard InChI is InChI=1S/C25H21N7OS/c1-18-12-14-19(15-13-18)22-16-23(31(28-22)20-8-4-2-5-9-20)26-24(33)17-34-25-27-29-30-32(25)21-10-6-3-7-11-21/h2-16H,17H2,1H3,(H,26,33). The van der Waals surface area contributed by atoms with Gasteiger partial charge in [-0.15, -0.1) is 5.10 Å². The van der Waals surface area contributed by atoms with Crippen molar-refractivity contribution in [2.45, 2.75) is 12.1 Å². The smallest absolute Gasteiger partial charge is 0.236 e. The van der Waals surface area contributed by atoms with E-state index >= 15 is 0 Å². The van der Waals surface area contributed by atoms with Crippen LogP contribution in [0.3, 0.4) is 0 Å². The van der Waals surface area contributed by atoms with Crippen molar-refractivity contribution in [3.05, 3.63) is 96.6 Å². The molecule has 0 bridgehead atoms. The van der Waals surface area contributed by atoms with Crippen LogP contribution in [-0.2, 0) is 4.79 Å². The zero-order valence-corrected chi connectivity index (χ0v) is 19.2. The van der Waals surface area contributed by atoms with Crippen molar-refractivity contribution in [1.29, 1.82) is 0 Å². The van der Waals surface area contributed by atoms with E-state index in [4.69, 9.17) is 5.10 Å². The summed E-state index contributed by atoms with van der Waals surface area (Å²) in [6, 6.07) is 29.3. The van der Waals surface area contributed by atoms with Crippen molar-refractivity contribution >= 4 is 23.5 Å². The van der Waals surface area contributed by atoms with Crippen molar-refractivity contribution in [2.24, 2.45) is 0 Å². The lowest BCUT2D eigenvalue weighted by Gasteiger charge is -2.09. The lowest BCUT2D eigenvalue weighted by atomic mass is 10.1. The largest absolute Gasteiger partial charge is 0.310 e. The van der Waals surface area contributed by atoms with Crippen LogP contribution in [-0.4, -0.2) is 41.6 Å². The quantitative estimate of drug-likeness (QED) is 0.353. The Morgan fingerprint density at radius 1 is 0.882 bits per heavy atom. The van der Waals surface area contributed by atoms with Gasteiger partial charge in [0, 0.05) is 11.6 Å². The van der Waals surface area contributed by atoms with E-state index in [0.29, 0.717) is 11.0 Å². The topological polar surface area (TPSA) is 90.5 Å². The normalized spacial score (nSPS) is 10.9. The summed E-state index contributed by atoms with van der Waals surface area (Å²) in [6.07, 6.45) is 0. The van der Waals surface area contributed by atoms with Crippen LogP contribution in [0.5, 0.6) is 0 Å². The van der Waals surface area contributed by atoms with E-state index in [0.717, 1.165) is 22.6 Å². The number of benzene rings is 3. The molecule has 168 valence electrons. The predicted octanol–water partition coefficient (Wildman–Crippen LogP) is 4.55. The van der Waals surface area contributed by atoms with E-state index < -0.39 is 0 Å². The van der Waals surface area contributed by atoms with Crippen LogP contribution in [0.15, 0.2) is 96.2 Å². The van der Waals surface area contributed by atoms with Gasteiger partial charge >= 0.3 is 0 Å². The molecule has 0 spiro atoms. The van der Waals surface area contributed by atoms with Gasteiger partial charge in [-0.3, -0.25) is 4.79 Å². The zero-order valence-electron chi connectivity index (χ0n) is 18.4. The fourth-order valence-corrected chi connectivity index (χ4v) is 4.10. The van der Waals surface area contributed by atoms with Crippen LogP contribution in [0.2, 0.25) is 0 Å². The Kier molecular flexibility index (Phi) is 6.17. The Morgan fingerprint density at radius 3 is 2.21 bits per heavy atom. The number of aromatic nitrogens is 6. The molecule has 0 saturated carbocycles. The number of anilines is 1. The Morgan fingerprint density at radius 2 is 1.53 bits per heavy atom. The molecule has 34 heavy (non-hydrogen) atoms. The minimum absolute atomic E-state index is 0.146. The van der Waals surface area contributed by atoms with Crippen LogP contribution in [0.4, 0.5) is 5.82 Å². The molecule has 5 rings (SSSR count). The van der Waals surface area contributed by atoms with Gasteiger partial charge in [-0.1, -0.05) is 78.0 Å². The molecular formula is C25H21N7OS. The number of carbonyl (C=O) groups excluding carboxylic acids is 1. The second-order valence-corrected chi connectivity index (χ2v) is 8.52. The molecule has 5 aromatic rings. The maximum Gasteiger partial charge on any atom is 0.236 e. The van der Waals surface area contributed by atoms with E-state index in [-0.39, 0.29) is 11.7 Å². The lowest BCUT2D eigenvalue weighted by molar-refractivity contribution is -0.113. The van der Waals surface area contributed by atoms with Gasteiger partial charge in [-0.25, -0.2) is 4.68 Å². The first-order chi connectivity index (χ1) is 16.7. The van der Waals surface area contributed by atoms with Gasteiger partial charge in [-0.05, 0) is 41.6 Å². The van der Waals surface area contributed by atoms with Gasteiger partial charge in [0.1, 0.15) is 5.82 Å². The molecule has 0 fully saturated rings. The number of nitrogens with one attached hydrogen (secondary N) is 1. The number of rotatable bonds is 7. The summed E-state index contributed by atoms with van der Waals surface area (Å²) in [5.74, 6) is 0.558. The second kappa shape index (κ2) is 9.72. The van der Waals surface area contributed by atoms with E-state index in [1.165, 1.54) is 17.3 Å². The molecule has 0 radical (unpaired) electrons. The Hall–Kier alpha value is -4.24. The van der Waals surface area contributed by atoms with E-state index in [9.17, 15) is 4.79 Å². The summed E-state index contributed by atoms with van der Waals surface area (Å²) in [4.78, 5) is 12.9. The van der Waals surface area contributed by atoms with Gasteiger partial charge < -0.3 is 5.32 Å². The highest BCUT2D eigenvalue weighted by atomic mass is 32.2. The number of para-hydroxylation sites is 2. The third-order valence-electron chi connectivity index (χ3n) is 5.10. The molecule has 0 saturated heterocycles. The molecule has 0 atom stereocenters. The first-order valence-electron chi connectivity index (χ1n) is 10.7. The minimum atomic E-state index is -0.180. The molecule has 0 aliphatic heterocycles. The summed E-state index contributed by atoms with van der Waals surface area (Å²) < 4.78 is 3.35. The van der Waals surface area contributed by atoms with Crippen LogP contribution >= 0.6 is 11.8 Å². The molecule has 9 heteroatoms. The van der Waals surface area contributed by atoms with Gasteiger partial charge in [0.2, 0.25) is 11.1 Å². The molecule has 1 amide bonds. The van der Waals surface area contributed by atoms with Gasteiger partial charge in [0.25, 0.3) is 0 Å². The molecule has 1 N–H and O–H groups in total. The van der Waals surface area contributed by atoms with E-state index in [1.54, 1.807) is 9.36 Å². The molecule has 2 aromatic heterocycles. The average Bonchev–Trinajstić information content (AvgIpc) is 3.52. The highest BCUT2D eigenvalue weighted by molar-refractivity contribution is 7.99. The molecule has 8 nitrogen and oxygen atoms in total. The number of thioether (sulfide) groups is 1. The number of amides is 1. The van der Waals surface area contributed by atoms with Crippen molar-refractivity contribution in [2.75, 3.05) is 11.1 Å². The van der Waals surface area contributed by atoms with Crippen LogP contribution < -0.4 is 5.32 Å². The number of aryl methyl sites for hydroxylation is 1. The maximum atomic E-state index is 12.9. The first kappa shape index (κ1) is 21.6. The number of tetrazole rings is 1. The molecule has 0 aliphatic carbocycles. The third kappa shape index (κ3) is 4.74. The van der Waals surface area contributed by atoms with E-state index in [2.05, 4.69) is 20.8 Å². The highest BCUT2D eigenvalue weighted by Crippen LogP contribution is 2.26. The minimum Gasteiger partial charge on any atom is -0.310 e. The SMILES string of the molecule is Cc1ccc(-c2cc(NC(=O)CSc3nnnn3-c3ccccc3)n(-c3ccccc3)n2)cc1. The fourth-order valence-electron chi connectivity index (χ4n) is 3.41. The zero-order chi connectivity index (χ0) is 23.3. The van der Waals surface area contributed by atoms with Crippen LogP contribution in [0.25, 0.3) is 22.6 Å². The highest BCUT2D eigenvalue weighted by Gasteiger charge is 2.16. The molecule has 2 heterocycles. The van der Waals surface area contributed by atoms with Gasteiger partial charge in [0.05, 0.1) is 22.8 Å². The number of hydrogen-bond donors (Lipinski definition) is 1. The van der Waals surface area contributed by atoms with Crippen molar-refractivity contribution < 1.29 is 4.79 Å². The van der Waals surface area contributed by atoms with Gasteiger partial charge in [0.15, 0.2) is 0 Å². The summed E-state index contributed by atoms with van der Waals surface area (Å²) in [6.45, 7) is 2.05. The molecular weight excluding hydrogens is 446 g/mol. The van der Waals surface area contributed by atoms with Crippen LogP contribution in [0, 0.1) is 6.92 Å². The van der Waals surface area contributed by atoms with Crippen molar-refractivity contribution in [3.8, 4) is 22.6 Å². The summed E-state index contributed by atoms with van der Waals surface area (Å²) in [7, 11) is 0. The monoisotopic (exact) mass is 467 g/mol. The Balaban J connectivity index is 1.36. The van der Waals surface area contributed by atoms with Crippen LogP contribution in [0.1, 0.15) is 5.56 Å². The van der Waals surface area contributed by atoms with Crippen molar-refractivity contribution in [1.82, 2.24) is 30.0 Å². The first-order valence-corrected chi connectivity index (χ1v) is 11.6. The number of nitrogens with zero attached hydrogens (tertiary/aromatic N) is 6. The molecule has 0 aliphatic rings. The average molecular weight is 468 g/mol. The fraction of sp³-hybridized carbons (Fsp3) is 0.0800. The maximum absolute atomic E-state index is 12.9. The second-order valence-electron chi connectivity index (χ2n) is 7.57. The van der Waals surface area contributed by atoms with E-state index in [1.807, 2.05) is 97.9 Å². The summed E-state index contributed by atoms with van der Waals surface area (Å²) in [5.41, 5.74) is 4.62.